The van der Waals surface area contributed by atoms with Crippen LogP contribution in [0.5, 0.6) is 0 Å². The highest BCUT2D eigenvalue weighted by Crippen LogP contribution is 2.36. The molecule has 0 aliphatic carbocycles. The maximum absolute atomic E-state index is 12.2. The Labute approximate surface area is 165 Å². The standard InChI is InChI=1S/C21H28N4O3/c1-13-14(2)23-18(24-19(13)26)15-8-9-17(22-11-15)25-10-6-7-16(12-25)21(3,4)20(27)28-5/h8-9,11,16H,6-7,10,12H2,1-5H3,(H,23,24,26). The number of nitrogens with zero attached hydrogens (tertiary/aromatic N) is 3. The molecule has 1 aliphatic heterocycles. The molecule has 0 bridgehead atoms. The average Bonchev–Trinajstić information content (AvgIpc) is 2.71. The number of ether oxygens (including phenoxy) is 1. The maximum Gasteiger partial charge on any atom is 0.311 e. The van der Waals surface area contributed by atoms with Gasteiger partial charge in [-0.2, -0.15) is 0 Å². The Morgan fingerprint density at radius 2 is 2.07 bits per heavy atom. The number of aromatic amines is 1. The first-order valence-electron chi connectivity index (χ1n) is 9.61. The van der Waals surface area contributed by atoms with Crippen LogP contribution in [0.25, 0.3) is 11.4 Å². The van der Waals surface area contributed by atoms with Gasteiger partial charge in [0, 0.05) is 36.1 Å². The van der Waals surface area contributed by atoms with Crippen molar-refractivity contribution >= 4 is 11.8 Å². The normalized spacial score (nSPS) is 17.5. The predicted molar refractivity (Wildman–Crippen MR) is 108 cm³/mol. The SMILES string of the molecule is COC(=O)C(C)(C)C1CCCN(c2ccc(-c3nc(C)c(C)c(=O)[nH]3)cn2)C1. The molecule has 1 unspecified atom stereocenters. The fourth-order valence-electron chi connectivity index (χ4n) is 3.70. The number of hydrogen-bond acceptors (Lipinski definition) is 6. The van der Waals surface area contributed by atoms with E-state index in [9.17, 15) is 9.59 Å². The quantitative estimate of drug-likeness (QED) is 0.816. The van der Waals surface area contributed by atoms with E-state index >= 15 is 0 Å². The van der Waals surface area contributed by atoms with E-state index in [-0.39, 0.29) is 17.4 Å². The minimum atomic E-state index is -0.532. The van der Waals surface area contributed by atoms with Crippen molar-refractivity contribution in [2.75, 3.05) is 25.1 Å². The summed E-state index contributed by atoms with van der Waals surface area (Å²) in [7, 11) is 1.44. The summed E-state index contributed by atoms with van der Waals surface area (Å²) in [5.74, 6) is 1.41. The number of pyridine rings is 1. The van der Waals surface area contributed by atoms with Crippen molar-refractivity contribution in [3.63, 3.8) is 0 Å². The van der Waals surface area contributed by atoms with E-state index in [4.69, 9.17) is 4.74 Å². The lowest BCUT2D eigenvalue weighted by Crippen LogP contribution is -2.45. The van der Waals surface area contributed by atoms with Gasteiger partial charge >= 0.3 is 5.97 Å². The number of nitrogens with one attached hydrogen (secondary N) is 1. The van der Waals surface area contributed by atoms with Crippen LogP contribution in [0.1, 0.15) is 37.9 Å². The van der Waals surface area contributed by atoms with Gasteiger partial charge in [-0.05, 0) is 58.6 Å². The maximum atomic E-state index is 12.2. The minimum absolute atomic E-state index is 0.129. The van der Waals surface area contributed by atoms with Gasteiger partial charge in [-0.1, -0.05) is 0 Å². The van der Waals surface area contributed by atoms with Crippen molar-refractivity contribution in [1.29, 1.82) is 0 Å². The number of carbonyl (C=O) groups is 1. The van der Waals surface area contributed by atoms with Crippen LogP contribution < -0.4 is 10.5 Å². The largest absolute Gasteiger partial charge is 0.469 e. The van der Waals surface area contributed by atoms with Gasteiger partial charge in [0.25, 0.3) is 5.56 Å². The lowest BCUT2D eigenvalue weighted by atomic mass is 9.74. The molecule has 7 heteroatoms. The van der Waals surface area contributed by atoms with Crippen LogP contribution in [0.4, 0.5) is 5.82 Å². The zero-order valence-corrected chi connectivity index (χ0v) is 17.2. The first-order chi connectivity index (χ1) is 13.2. The van der Waals surface area contributed by atoms with Crippen LogP contribution in [0.2, 0.25) is 0 Å². The number of rotatable bonds is 4. The number of methoxy groups -OCH3 is 1. The van der Waals surface area contributed by atoms with Gasteiger partial charge in [-0.3, -0.25) is 9.59 Å². The Morgan fingerprint density at radius 3 is 2.68 bits per heavy atom. The molecule has 150 valence electrons. The second-order valence-corrected chi connectivity index (χ2v) is 8.03. The second-order valence-electron chi connectivity index (χ2n) is 8.03. The highest BCUT2D eigenvalue weighted by molar-refractivity contribution is 5.76. The van der Waals surface area contributed by atoms with Crippen LogP contribution >= 0.6 is 0 Å². The van der Waals surface area contributed by atoms with E-state index in [0.29, 0.717) is 17.1 Å². The van der Waals surface area contributed by atoms with Crippen molar-refractivity contribution < 1.29 is 9.53 Å². The summed E-state index contributed by atoms with van der Waals surface area (Å²) in [5, 5.41) is 0. The number of carbonyl (C=O) groups excluding carboxylic acids is 1. The lowest BCUT2D eigenvalue weighted by Gasteiger charge is -2.40. The fourth-order valence-corrected chi connectivity index (χ4v) is 3.70. The third kappa shape index (κ3) is 3.79. The Balaban J connectivity index is 1.80. The molecule has 1 aliphatic rings. The summed E-state index contributed by atoms with van der Waals surface area (Å²) < 4.78 is 4.99. The molecule has 3 heterocycles. The fraction of sp³-hybridized carbons (Fsp3) is 0.524. The van der Waals surface area contributed by atoms with E-state index in [1.165, 1.54) is 7.11 Å². The van der Waals surface area contributed by atoms with Crippen molar-refractivity contribution in [2.24, 2.45) is 11.3 Å². The molecule has 7 nitrogen and oxygen atoms in total. The smallest absolute Gasteiger partial charge is 0.311 e. The summed E-state index contributed by atoms with van der Waals surface area (Å²) in [6, 6.07) is 3.86. The minimum Gasteiger partial charge on any atom is -0.469 e. The number of anilines is 1. The van der Waals surface area contributed by atoms with Crippen LogP contribution in [0.15, 0.2) is 23.1 Å². The molecule has 0 amide bonds. The van der Waals surface area contributed by atoms with Gasteiger partial charge in [-0.25, -0.2) is 9.97 Å². The van der Waals surface area contributed by atoms with Crippen molar-refractivity contribution in [2.45, 2.75) is 40.5 Å². The monoisotopic (exact) mass is 384 g/mol. The first kappa shape index (κ1) is 20.0. The highest BCUT2D eigenvalue weighted by Gasteiger charge is 2.40. The van der Waals surface area contributed by atoms with Crippen LogP contribution in [-0.4, -0.2) is 41.1 Å². The third-order valence-corrected chi connectivity index (χ3v) is 5.89. The van der Waals surface area contributed by atoms with Gasteiger partial charge in [0.1, 0.15) is 11.6 Å². The molecule has 1 saturated heterocycles. The van der Waals surface area contributed by atoms with Crippen LogP contribution in [0.3, 0.4) is 0 Å². The van der Waals surface area contributed by atoms with Gasteiger partial charge < -0.3 is 14.6 Å². The molecule has 1 N–H and O–H groups in total. The van der Waals surface area contributed by atoms with Crippen molar-refractivity contribution in [3.05, 3.63) is 39.9 Å². The molecular weight excluding hydrogens is 356 g/mol. The molecule has 2 aromatic heterocycles. The summed E-state index contributed by atoms with van der Waals surface area (Å²) in [6.45, 7) is 9.14. The Hall–Kier alpha value is -2.70. The predicted octanol–water partition coefficient (Wildman–Crippen LogP) is 2.86. The molecule has 0 radical (unpaired) electrons. The second kappa shape index (κ2) is 7.73. The van der Waals surface area contributed by atoms with Crippen molar-refractivity contribution in [1.82, 2.24) is 15.0 Å². The molecule has 0 saturated carbocycles. The van der Waals surface area contributed by atoms with Crippen molar-refractivity contribution in [3.8, 4) is 11.4 Å². The van der Waals surface area contributed by atoms with Gasteiger partial charge in [-0.15, -0.1) is 0 Å². The van der Waals surface area contributed by atoms with E-state index in [2.05, 4.69) is 19.9 Å². The zero-order valence-electron chi connectivity index (χ0n) is 17.2. The van der Waals surface area contributed by atoms with Gasteiger partial charge in [0.2, 0.25) is 0 Å². The Kier molecular flexibility index (Phi) is 5.54. The van der Waals surface area contributed by atoms with E-state index in [0.717, 1.165) is 37.3 Å². The van der Waals surface area contributed by atoms with Crippen LogP contribution in [-0.2, 0) is 9.53 Å². The molecule has 2 aromatic rings. The van der Waals surface area contributed by atoms with E-state index in [1.807, 2.05) is 32.9 Å². The van der Waals surface area contributed by atoms with E-state index < -0.39 is 5.41 Å². The summed E-state index contributed by atoms with van der Waals surface area (Å²) in [5.41, 5.74) is 1.45. The van der Waals surface area contributed by atoms with E-state index in [1.54, 1.807) is 13.1 Å². The molecule has 28 heavy (non-hydrogen) atoms. The molecule has 0 aromatic carbocycles. The number of esters is 1. The summed E-state index contributed by atoms with van der Waals surface area (Å²) in [4.78, 5) is 38.2. The zero-order chi connectivity index (χ0) is 20.5. The molecule has 1 atom stereocenters. The number of aryl methyl sites for hydroxylation is 1. The lowest BCUT2D eigenvalue weighted by molar-refractivity contribution is -0.154. The molecule has 1 fully saturated rings. The number of aromatic nitrogens is 3. The van der Waals surface area contributed by atoms with Crippen LogP contribution in [0, 0.1) is 25.2 Å². The van der Waals surface area contributed by atoms with Gasteiger partial charge in [0.05, 0.1) is 12.5 Å². The van der Waals surface area contributed by atoms with Gasteiger partial charge in [0.15, 0.2) is 0 Å². The summed E-state index contributed by atoms with van der Waals surface area (Å²) in [6.07, 6.45) is 3.72. The number of piperidine rings is 1. The third-order valence-electron chi connectivity index (χ3n) is 5.89. The first-order valence-corrected chi connectivity index (χ1v) is 9.61. The number of H-pyrrole nitrogens is 1. The Bertz CT molecular complexity index is 918. The average molecular weight is 384 g/mol. The highest BCUT2D eigenvalue weighted by atomic mass is 16.5. The topological polar surface area (TPSA) is 88.2 Å². The number of hydrogen-bond donors (Lipinski definition) is 1. The molecule has 0 spiro atoms. The Morgan fingerprint density at radius 1 is 1.32 bits per heavy atom. The summed E-state index contributed by atoms with van der Waals surface area (Å²) >= 11 is 0. The molecule has 3 rings (SSSR count). The molecular formula is C21H28N4O3.